The third kappa shape index (κ3) is 2.40. The molecular formula is C17H13N5O. The van der Waals surface area contributed by atoms with Crippen molar-refractivity contribution in [2.75, 3.05) is 5.43 Å². The van der Waals surface area contributed by atoms with Gasteiger partial charge in [0.2, 0.25) is 0 Å². The van der Waals surface area contributed by atoms with Crippen molar-refractivity contribution < 1.29 is 4.42 Å². The molecule has 0 saturated heterocycles. The number of rotatable bonds is 3. The number of hydrogen-bond acceptors (Lipinski definition) is 6. The summed E-state index contributed by atoms with van der Waals surface area (Å²) in [6.45, 7) is 1.88. The molecule has 0 radical (unpaired) electrons. The second kappa shape index (κ2) is 5.49. The van der Waals surface area contributed by atoms with Gasteiger partial charge in [0.1, 0.15) is 17.4 Å². The Hall–Kier alpha value is -3.28. The molecule has 112 valence electrons. The van der Waals surface area contributed by atoms with Gasteiger partial charge < -0.3 is 4.42 Å². The summed E-state index contributed by atoms with van der Waals surface area (Å²) in [5, 5.41) is 5.30. The summed E-state index contributed by atoms with van der Waals surface area (Å²) in [5.74, 6) is 0.529. The molecule has 0 unspecified atom stereocenters. The summed E-state index contributed by atoms with van der Waals surface area (Å²) in [7, 11) is 0. The van der Waals surface area contributed by atoms with Gasteiger partial charge in [-0.15, -0.1) is 0 Å². The maximum atomic E-state index is 5.85. The molecule has 0 amide bonds. The molecule has 4 aromatic rings. The lowest BCUT2D eigenvalue weighted by atomic mass is 10.2. The topological polar surface area (TPSA) is 76.2 Å². The normalized spacial score (nSPS) is 12.0. The summed E-state index contributed by atoms with van der Waals surface area (Å²) in [6, 6.07) is 13.4. The van der Waals surface area contributed by atoms with E-state index in [1.165, 1.54) is 6.33 Å². The number of pyridine rings is 1. The number of anilines is 1. The first-order chi connectivity index (χ1) is 11.3. The minimum atomic E-state index is 0.529. The minimum Gasteiger partial charge on any atom is -0.450 e. The van der Waals surface area contributed by atoms with Crippen LogP contribution in [0.15, 0.2) is 64.5 Å². The van der Waals surface area contributed by atoms with Crippen molar-refractivity contribution in [2.24, 2.45) is 5.10 Å². The van der Waals surface area contributed by atoms with Gasteiger partial charge in [-0.2, -0.15) is 5.10 Å². The van der Waals surface area contributed by atoms with Crippen molar-refractivity contribution in [1.29, 1.82) is 0 Å². The molecule has 6 heteroatoms. The van der Waals surface area contributed by atoms with E-state index in [-0.39, 0.29) is 0 Å². The molecule has 0 fully saturated rings. The molecule has 0 aliphatic rings. The van der Waals surface area contributed by atoms with Crippen molar-refractivity contribution in [3.8, 4) is 0 Å². The van der Waals surface area contributed by atoms with Gasteiger partial charge in [0.25, 0.3) is 0 Å². The van der Waals surface area contributed by atoms with Gasteiger partial charge in [0.15, 0.2) is 11.4 Å². The van der Waals surface area contributed by atoms with Crippen LogP contribution in [0, 0.1) is 0 Å². The number of nitrogens with zero attached hydrogens (tertiary/aromatic N) is 4. The lowest BCUT2D eigenvalue weighted by Crippen LogP contribution is -2.02. The molecule has 0 spiro atoms. The Kier molecular flexibility index (Phi) is 3.20. The van der Waals surface area contributed by atoms with E-state index < -0.39 is 0 Å². The monoisotopic (exact) mass is 303 g/mol. The fourth-order valence-electron chi connectivity index (χ4n) is 2.37. The van der Waals surface area contributed by atoms with Crippen LogP contribution >= 0.6 is 0 Å². The standard InChI is InChI=1S/C17H13N5O/c1-11(13-7-4-5-9-18-13)21-22-17-16-15(19-10-20-17)12-6-2-3-8-14(12)23-16/h2-10H,1H3,(H,19,20,22)/b21-11-. The highest BCUT2D eigenvalue weighted by atomic mass is 16.3. The van der Waals surface area contributed by atoms with E-state index >= 15 is 0 Å². The average Bonchev–Trinajstić information content (AvgIpc) is 3.00. The van der Waals surface area contributed by atoms with Crippen molar-refractivity contribution >= 4 is 33.6 Å². The molecule has 1 aromatic carbocycles. The second-order valence-corrected chi connectivity index (χ2v) is 5.02. The maximum Gasteiger partial charge on any atom is 0.197 e. The number of fused-ring (bicyclic) bond motifs is 3. The first-order valence-electron chi connectivity index (χ1n) is 7.17. The predicted molar refractivity (Wildman–Crippen MR) is 89.4 cm³/mol. The van der Waals surface area contributed by atoms with E-state index in [0.29, 0.717) is 11.4 Å². The lowest BCUT2D eigenvalue weighted by Gasteiger charge is -2.02. The minimum absolute atomic E-state index is 0.529. The second-order valence-electron chi connectivity index (χ2n) is 5.02. The number of nitrogens with one attached hydrogen (secondary N) is 1. The molecule has 3 aromatic heterocycles. The first kappa shape index (κ1) is 13.4. The van der Waals surface area contributed by atoms with Crippen LogP contribution in [0.2, 0.25) is 0 Å². The van der Waals surface area contributed by atoms with Crippen LogP contribution in [0.1, 0.15) is 12.6 Å². The summed E-state index contributed by atoms with van der Waals surface area (Å²) in [6.07, 6.45) is 3.23. The van der Waals surface area contributed by atoms with Crippen LogP contribution in [-0.4, -0.2) is 20.7 Å². The van der Waals surface area contributed by atoms with Gasteiger partial charge >= 0.3 is 0 Å². The van der Waals surface area contributed by atoms with Gasteiger partial charge in [0.05, 0.1) is 11.4 Å². The van der Waals surface area contributed by atoms with E-state index in [0.717, 1.165) is 27.9 Å². The Bertz CT molecular complexity index is 1010. The molecule has 0 aliphatic carbocycles. The van der Waals surface area contributed by atoms with Gasteiger partial charge in [-0.3, -0.25) is 10.4 Å². The van der Waals surface area contributed by atoms with Gasteiger partial charge in [-0.1, -0.05) is 18.2 Å². The van der Waals surface area contributed by atoms with Crippen LogP contribution in [0.25, 0.3) is 22.1 Å². The Balaban J connectivity index is 1.75. The molecule has 0 bridgehead atoms. The number of hydrogen-bond donors (Lipinski definition) is 1. The van der Waals surface area contributed by atoms with Gasteiger partial charge in [-0.25, -0.2) is 9.97 Å². The zero-order valence-corrected chi connectivity index (χ0v) is 12.4. The largest absolute Gasteiger partial charge is 0.450 e. The Morgan fingerprint density at radius 3 is 2.78 bits per heavy atom. The van der Waals surface area contributed by atoms with Gasteiger partial charge in [0, 0.05) is 11.6 Å². The van der Waals surface area contributed by atoms with Crippen LogP contribution in [0.5, 0.6) is 0 Å². The summed E-state index contributed by atoms with van der Waals surface area (Å²) < 4.78 is 5.85. The molecule has 1 N–H and O–H groups in total. The zero-order valence-electron chi connectivity index (χ0n) is 12.4. The highest BCUT2D eigenvalue weighted by molar-refractivity contribution is 6.05. The highest BCUT2D eigenvalue weighted by Gasteiger charge is 2.12. The third-order valence-electron chi connectivity index (χ3n) is 3.52. The van der Waals surface area contributed by atoms with Crippen molar-refractivity contribution in [3.05, 3.63) is 60.7 Å². The SMILES string of the molecule is C/C(=N/Nc1ncnc2c1oc1ccccc12)c1ccccn1. The predicted octanol–water partition coefficient (Wildman–Crippen LogP) is 3.61. The smallest absolute Gasteiger partial charge is 0.197 e. The molecule has 0 saturated carbocycles. The molecule has 0 atom stereocenters. The number of aromatic nitrogens is 3. The van der Waals surface area contributed by atoms with E-state index in [1.807, 2.05) is 49.4 Å². The quantitative estimate of drug-likeness (QED) is 0.462. The molecule has 23 heavy (non-hydrogen) atoms. The first-order valence-corrected chi connectivity index (χ1v) is 7.17. The van der Waals surface area contributed by atoms with Crippen LogP contribution < -0.4 is 5.43 Å². The summed E-state index contributed by atoms with van der Waals surface area (Å²) in [4.78, 5) is 12.8. The molecule has 0 aliphatic heterocycles. The lowest BCUT2D eigenvalue weighted by molar-refractivity contribution is 0.667. The van der Waals surface area contributed by atoms with E-state index in [9.17, 15) is 0 Å². The maximum absolute atomic E-state index is 5.85. The number of benzene rings is 1. The Labute approximate surface area is 131 Å². The average molecular weight is 303 g/mol. The highest BCUT2D eigenvalue weighted by Crippen LogP contribution is 2.30. The van der Waals surface area contributed by atoms with Crippen LogP contribution in [0.4, 0.5) is 5.82 Å². The summed E-state index contributed by atoms with van der Waals surface area (Å²) in [5.41, 5.74) is 6.64. The fraction of sp³-hybridized carbons (Fsp3) is 0.0588. The van der Waals surface area contributed by atoms with Crippen molar-refractivity contribution in [3.63, 3.8) is 0 Å². The Morgan fingerprint density at radius 1 is 1.04 bits per heavy atom. The zero-order chi connectivity index (χ0) is 15.6. The Morgan fingerprint density at radius 2 is 1.91 bits per heavy atom. The molecule has 4 rings (SSSR count). The van der Waals surface area contributed by atoms with Crippen molar-refractivity contribution in [2.45, 2.75) is 6.92 Å². The van der Waals surface area contributed by atoms with Crippen LogP contribution in [-0.2, 0) is 0 Å². The van der Waals surface area contributed by atoms with E-state index in [2.05, 4.69) is 25.5 Å². The number of furan rings is 1. The number of para-hydroxylation sites is 1. The molecule has 3 heterocycles. The van der Waals surface area contributed by atoms with E-state index in [1.54, 1.807) is 6.20 Å². The van der Waals surface area contributed by atoms with Crippen molar-refractivity contribution in [1.82, 2.24) is 15.0 Å². The molecular weight excluding hydrogens is 290 g/mol. The number of hydrazone groups is 1. The third-order valence-corrected chi connectivity index (χ3v) is 3.52. The van der Waals surface area contributed by atoms with E-state index in [4.69, 9.17) is 4.42 Å². The summed E-state index contributed by atoms with van der Waals surface area (Å²) >= 11 is 0. The fourth-order valence-corrected chi connectivity index (χ4v) is 2.37. The van der Waals surface area contributed by atoms with Gasteiger partial charge in [-0.05, 0) is 31.2 Å². The van der Waals surface area contributed by atoms with Crippen LogP contribution in [0.3, 0.4) is 0 Å². The molecule has 6 nitrogen and oxygen atoms in total.